The molecule has 0 radical (unpaired) electrons. The Morgan fingerprint density at radius 2 is 2.08 bits per heavy atom. The summed E-state index contributed by atoms with van der Waals surface area (Å²) in [6, 6.07) is 0. The number of rotatable bonds is 6. The van der Waals surface area contributed by atoms with Gasteiger partial charge in [0, 0.05) is 6.54 Å². The lowest BCUT2D eigenvalue weighted by atomic mass is 10.1. The largest absolute Gasteiger partial charge is 0.480 e. The molecular weight excluding hydrogens is 158 g/mol. The van der Waals surface area contributed by atoms with E-state index in [9.17, 15) is 9.90 Å². The van der Waals surface area contributed by atoms with E-state index in [1.165, 1.54) is 0 Å². The van der Waals surface area contributed by atoms with Crippen molar-refractivity contribution in [3.63, 3.8) is 0 Å². The number of carboxylic acid groups (broad SMARTS) is 1. The molecule has 3 N–H and O–H groups in total. The minimum atomic E-state index is -0.897. The highest BCUT2D eigenvalue weighted by Gasteiger charge is 2.06. The minimum Gasteiger partial charge on any atom is -0.480 e. The van der Waals surface area contributed by atoms with Crippen LogP contribution in [0.4, 0.5) is 0 Å². The van der Waals surface area contributed by atoms with Crippen molar-refractivity contribution in [3.05, 3.63) is 0 Å². The van der Waals surface area contributed by atoms with Gasteiger partial charge in [-0.15, -0.1) is 0 Å². The van der Waals surface area contributed by atoms with Gasteiger partial charge < -0.3 is 15.5 Å². The third-order valence-corrected chi connectivity index (χ3v) is 1.40. The highest BCUT2D eigenvalue weighted by atomic mass is 16.4. The second-order valence-corrected chi connectivity index (χ2v) is 3.31. The van der Waals surface area contributed by atoms with Crippen LogP contribution in [0.15, 0.2) is 0 Å². The molecule has 4 nitrogen and oxygen atoms in total. The zero-order valence-corrected chi connectivity index (χ0v) is 7.58. The Hall–Kier alpha value is -0.610. The number of hydrogen-bond donors (Lipinski definition) is 3. The Morgan fingerprint density at radius 3 is 2.50 bits per heavy atom. The summed E-state index contributed by atoms with van der Waals surface area (Å²) in [7, 11) is 0. The average Bonchev–Trinajstić information content (AvgIpc) is 1.84. The molecule has 0 aromatic rings. The molecule has 1 atom stereocenters. The molecule has 1 unspecified atom stereocenters. The van der Waals surface area contributed by atoms with Crippen LogP contribution in [0.1, 0.15) is 20.3 Å². The van der Waals surface area contributed by atoms with E-state index in [4.69, 9.17) is 5.11 Å². The first-order valence-electron chi connectivity index (χ1n) is 4.13. The van der Waals surface area contributed by atoms with E-state index in [1.54, 1.807) is 0 Å². The van der Waals surface area contributed by atoms with Gasteiger partial charge in [0.25, 0.3) is 0 Å². The van der Waals surface area contributed by atoms with E-state index < -0.39 is 12.1 Å². The topological polar surface area (TPSA) is 69.6 Å². The maximum absolute atomic E-state index is 10.1. The molecule has 0 amide bonds. The molecule has 0 aliphatic heterocycles. The molecule has 0 fully saturated rings. The molecule has 0 aromatic heterocycles. The number of aliphatic hydroxyl groups is 1. The summed E-state index contributed by atoms with van der Waals surface area (Å²) >= 11 is 0. The Balaban J connectivity index is 3.31. The number of carboxylic acids is 1. The Bertz CT molecular complexity index is 136. The quantitative estimate of drug-likeness (QED) is 0.534. The second kappa shape index (κ2) is 5.97. The lowest BCUT2D eigenvalue weighted by Gasteiger charge is -2.12. The summed E-state index contributed by atoms with van der Waals surface area (Å²) in [6.07, 6.45) is 0.261. The predicted molar refractivity (Wildman–Crippen MR) is 46.0 cm³/mol. The van der Waals surface area contributed by atoms with Crippen LogP contribution in [0.5, 0.6) is 0 Å². The molecule has 12 heavy (non-hydrogen) atoms. The molecule has 0 saturated heterocycles. The van der Waals surface area contributed by atoms with Crippen LogP contribution < -0.4 is 5.32 Å². The van der Waals surface area contributed by atoms with Gasteiger partial charge in [-0.3, -0.25) is 4.79 Å². The fourth-order valence-corrected chi connectivity index (χ4v) is 0.973. The molecule has 4 heteroatoms. The first-order valence-corrected chi connectivity index (χ1v) is 4.13. The molecule has 0 bridgehead atoms. The third-order valence-electron chi connectivity index (χ3n) is 1.40. The van der Waals surface area contributed by atoms with Gasteiger partial charge in [0.05, 0.1) is 12.6 Å². The van der Waals surface area contributed by atoms with Gasteiger partial charge in [0.2, 0.25) is 0 Å². The van der Waals surface area contributed by atoms with Crippen molar-refractivity contribution in [2.45, 2.75) is 26.4 Å². The van der Waals surface area contributed by atoms with Gasteiger partial charge in [-0.25, -0.2) is 0 Å². The van der Waals surface area contributed by atoms with Crippen molar-refractivity contribution in [2.24, 2.45) is 5.92 Å². The normalized spacial score (nSPS) is 13.3. The van der Waals surface area contributed by atoms with Crippen LogP contribution in [0.25, 0.3) is 0 Å². The van der Waals surface area contributed by atoms with E-state index in [1.807, 2.05) is 13.8 Å². The fraction of sp³-hybridized carbons (Fsp3) is 0.875. The van der Waals surface area contributed by atoms with Gasteiger partial charge in [0.15, 0.2) is 0 Å². The maximum atomic E-state index is 10.1. The molecular formula is C8H17NO3. The highest BCUT2D eigenvalue weighted by molar-refractivity contribution is 5.68. The molecule has 0 aliphatic carbocycles. The molecule has 0 aliphatic rings. The molecule has 0 rings (SSSR count). The predicted octanol–water partition coefficient (Wildman–Crippen LogP) is 0.0676. The summed E-state index contributed by atoms with van der Waals surface area (Å²) in [5.74, 6) is -0.460. The van der Waals surface area contributed by atoms with Crippen LogP contribution >= 0.6 is 0 Å². The second-order valence-electron chi connectivity index (χ2n) is 3.31. The Labute approximate surface area is 72.6 Å². The van der Waals surface area contributed by atoms with Crippen molar-refractivity contribution >= 4 is 5.97 Å². The van der Waals surface area contributed by atoms with Gasteiger partial charge in [0.1, 0.15) is 0 Å². The summed E-state index contributed by atoms with van der Waals surface area (Å²) in [5, 5.41) is 20.2. The van der Waals surface area contributed by atoms with Gasteiger partial charge in [-0.05, 0) is 12.3 Å². The van der Waals surface area contributed by atoms with Crippen LogP contribution in [0, 0.1) is 5.92 Å². The minimum absolute atomic E-state index is 0.0881. The first kappa shape index (κ1) is 11.4. The van der Waals surface area contributed by atoms with Crippen LogP contribution in [0.3, 0.4) is 0 Å². The zero-order chi connectivity index (χ0) is 9.56. The number of nitrogens with one attached hydrogen (secondary N) is 1. The standard InChI is InChI=1S/C8H17NO3/c1-6(2)3-7(10)4-9-5-8(11)12/h6-7,9-10H,3-5H2,1-2H3,(H,11,12). The van der Waals surface area contributed by atoms with E-state index in [0.717, 1.165) is 0 Å². The summed E-state index contributed by atoms with van der Waals surface area (Å²) < 4.78 is 0. The molecule has 72 valence electrons. The van der Waals surface area contributed by atoms with Crippen LogP contribution in [-0.4, -0.2) is 35.4 Å². The molecule has 0 spiro atoms. The lowest BCUT2D eigenvalue weighted by molar-refractivity contribution is -0.136. The van der Waals surface area contributed by atoms with Crippen LogP contribution in [-0.2, 0) is 4.79 Å². The SMILES string of the molecule is CC(C)CC(O)CNCC(=O)O. The number of hydrogen-bond acceptors (Lipinski definition) is 3. The van der Waals surface area contributed by atoms with Crippen molar-refractivity contribution in [2.75, 3.05) is 13.1 Å². The summed E-state index contributed by atoms with van der Waals surface area (Å²) in [4.78, 5) is 10.1. The third kappa shape index (κ3) is 7.50. The van der Waals surface area contributed by atoms with Crippen molar-refractivity contribution in [3.8, 4) is 0 Å². The van der Waals surface area contributed by atoms with Crippen molar-refractivity contribution < 1.29 is 15.0 Å². The Kier molecular flexibility index (Phi) is 5.66. The highest BCUT2D eigenvalue weighted by Crippen LogP contribution is 2.02. The number of aliphatic hydroxyl groups excluding tert-OH is 1. The lowest BCUT2D eigenvalue weighted by Crippen LogP contribution is -2.31. The summed E-state index contributed by atoms with van der Waals surface area (Å²) in [6.45, 7) is 4.29. The fourth-order valence-electron chi connectivity index (χ4n) is 0.973. The molecule has 0 heterocycles. The van der Waals surface area contributed by atoms with E-state index in [-0.39, 0.29) is 6.54 Å². The van der Waals surface area contributed by atoms with Gasteiger partial charge in [-0.2, -0.15) is 0 Å². The summed E-state index contributed by atoms with van der Waals surface area (Å²) in [5.41, 5.74) is 0. The smallest absolute Gasteiger partial charge is 0.317 e. The van der Waals surface area contributed by atoms with Crippen molar-refractivity contribution in [1.29, 1.82) is 0 Å². The number of aliphatic carboxylic acids is 1. The molecule has 0 aromatic carbocycles. The Morgan fingerprint density at radius 1 is 1.50 bits per heavy atom. The maximum Gasteiger partial charge on any atom is 0.317 e. The molecule has 0 saturated carbocycles. The van der Waals surface area contributed by atoms with E-state index in [2.05, 4.69) is 5.32 Å². The van der Waals surface area contributed by atoms with E-state index in [0.29, 0.717) is 18.9 Å². The average molecular weight is 175 g/mol. The first-order chi connectivity index (χ1) is 5.52. The van der Waals surface area contributed by atoms with Crippen molar-refractivity contribution in [1.82, 2.24) is 5.32 Å². The monoisotopic (exact) mass is 175 g/mol. The van der Waals surface area contributed by atoms with Gasteiger partial charge in [-0.1, -0.05) is 13.8 Å². The zero-order valence-electron chi connectivity index (χ0n) is 7.58. The van der Waals surface area contributed by atoms with E-state index >= 15 is 0 Å². The number of carbonyl (C=O) groups is 1. The van der Waals surface area contributed by atoms with Crippen LogP contribution in [0.2, 0.25) is 0 Å². The van der Waals surface area contributed by atoms with Gasteiger partial charge >= 0.3 is 5.97 Å².